The molecule has 0 aliphatic rings. The number of rotatable bonds is 4. The van der Waals surface area contributed by atoms with Crippen molar-refractivity contribution < 1.29 is 14.8 Å². The molecule has 7 nitrogen and oxygen atoms in total. The number of aliphatic carboxylic acids is 1. The monoisotopic (exact) mass is 224 g/mol. The summed E-state index contributed by atoms with van der Waals surface area (Å²) in [7, 11) is 0. The van der Waals surface area contributed by atoms with Crippen LogP contribution in [0.15, 0.2) is 23.1 Å². The van der Waals surface area contributed by atoms with Crippen LogP contribution in [0.3, 0.4) is 0 Å². The standard InChI is InChI=1S/C9H8N2O5/c12-8(13)3-1-2-6-4-7(11(15)16)5-10-9(6)14/h1-2,4-5H,3H2,(H,10,14)(H,12,13). The van der Waals surface area contributed by atoms with Gasteiger partial charge in [0, 0.05) is 11.6 Å². The van der Waals surface area contributed by atoms with Gasteiger partial charge in [-0.3, -0.25) is 19.7 Å². The van der Waals surface area contributed by atoms with Crippen molar-refractivity contribution in [3.8, 4) is 0 Å². The molecule has 0 aliphatic heterocycles. The van der Waals surface area contributed by atoms with Gasteiger partial charge in [0.1, 0.15) is 0 Å². The normalized spacial score (nSPS) is 10.5. The molecular formula is C9H8N2O5. The molecule has 0 saturated heterocycles. The molecule has 1 aromatic heterocycles. The lowest BCUT2D eigenvalue weighted by Gasteiger charge is -1.93. The number of pyridine rings is 1. The van der Waals surface area contributed by atoms with Crippen molar-refractivity contribution in [2.75, 3.05) is 0 Å². The van der Waals surface area contributed by atoms with Crippen LogP contribution in [0, 0.1) is 10.1 Å². The second kappa shape index (κ2) is 4.87. The molecule has 1 rings (SSSR count). The molecule has 0 spiro atoms. The Morgan fingerprint density at radius 1 is 1.62 bits per heavy atom. The van der Waals surface area contributed by atoms with E-state index in [1.807, 2.05) is 0 Å². The van der Waals surface area contributed by atoms with E-state index >= 15 is 0 Å². The van der Waals surface area contributed by atoms with Crippen LogP contribution in [-0.4, -0.2) is 21.0 Å². The molecule has 1 heterocycles. The highest BCUT2D eigenvalue weighted by Gasteiger charge is 2.07. The molecule has 0 amide bonds. The smallest absolute Gasteiger partial charge is 0.307 e. The Hall–Kier alpha value is -2.44. The zero-order chi connectivity index (χ0) is 12.1. The highest BCUT2D eigenvalue weighted by atomic mass is 16.6. The molecule has 0 fully saturated rings. The number of carboxylic acids is 1. The first-order chi connectivity index (χ1) is 7.50. The summed E-state index contributed by atoms with van der Waals surface area (Å²) in [5.74, 6) is -1.04. The topological polar surface area (TPSA) is 113 Å². The van der Waals surface area contributed by atoms with Gasteiger partial charge >= 0.3 is 5.97 Å². The second-order valence-electron chi connectivity index (χ2n) is 2.90. The third-order valence-corrected chi connectivity index (χ3v) is 1.72. The molecule has 0 atom stereocenters. The fraction of sp³-hybridized carbons (Fsp3) is 0.111. The summed E-state index contributed by atoms with van der Waals surface area (Å²) in [6.45, 7) is 0. The fourth-order valence-corrected chi connectivity index (χ4v) is 1.01. The molecule has 0 saturated carbocycles. The van der Waals surface area contributed by atoms with E-state index in [2.05, 4.69) is 4.98 Å². The van der Waals surface area contributed by atoms with E-state index in [4.69, 9.17) is 5.11 Å². The average molecular weight is 224 g/mol. The summed E-state index contributed by atoms with van der Waals surface area (Å²) < 4.78 is 0. The Bertz CT molecular complexity index is 503. The lowest BCUT2D eigenvalue weighted by atomic mass is 10.2. The van der Waals surface area contributed by atoms with Gasteiger partial charge in [-0.2, -0.15) is 0 Å². The maximum Gasteiger partial charge on any atom is 0.307 e. The van der Waals surface area contributed by atoms with Crippen molar-refractivity contribution in [2.24, 2.45) is 0 Å². The Balaban J connectivity index is 2.99. The molecule has 2 N–H and O–H groups in total. The van der Waals surface area contributed by atoms with Gasteiger partial charge in [-0.1, -0.05) is 12.2 Å². The summed E-state index contributed by atoms with van der Waals surface area (Å²) in [4.78, 5) is 33.4. The molecule has 0 aliphatic carbocycles. The average Bonchev–Trinajstić information content (AvgIpc) is 2.20. The van der Waals surface area contributed by atoms with Crippen LogP contribution in [0.25, 0.3) is 6.08 Å². The molecular weight excluding hydrogens is 216 g/mol. The van der Waals surface area contributed by atoms with Gasteiger partial charge in [0.25, 0.3) is 11.2 Å². The van der Waals surface area contributed by atoms with E-state index in [9.17, 15) is 19.7 Å². The lowest BCUT2D eigenvalue weighted by molar-refractivity contribution is -0.385. The predicted octanol–water partition coefficient (Wildman–Crippen LogP) is 0.771. The Morgan fingerprint density at radius 3 is 2.88 bits per heavy atom. The van der Waals surface area contributed by atoms with Crippen LogP contribution in [0.1, 0.15) is 12.0 Å². The molecule has 84 valence electrons. The third-order valence-electron chi connectivity index (χ3n) is 1.72. The van der Waals surface area contributed by atoms with Crippen molar-refractivity contribution in [3.63, 3.8) is 0 Å². The van der Waals surface area contributed by atoms with Crippen molar-refractivity contribution in [1.29, 1.82) is 0 Å². The number of hydrogen-bond donors (Lipinski definition) is 2. The van der Waals surface area contributed by atoms with Gasteiger partial charge < -0.3 is 10.1 Å². The number of H-pyrrole nitrogens is 1. The quantitative estimate of drug-likeness (QED) is 0.579. The van der Waals surface area contributed by atoms with Gasteiger partial charge in [0.05, 0.1) is 17.5 Å². The first-order valence-electron chi connectivity index (χ1n) is 4.26. The highest BCUT2D eigenvalue weighted by Crippen LogP contribution is 2.09. The number of nitro groups is 1. The number of hydrogen-bond acceptors (Lipinski definition) is 4. The largest absolute Gasteiger partial charge is 0.481 e. The van der Waals surface area contributed by atoms with E-state index in [-0.39, 0.29) is 17.7 Å². The number of carboxylic acid groups (broad SMARTS) is 1. The molecule has 7 heteroatoms. The van der Waals surface area contributed by atoms with Gasteiger partial charge in [0.2, 0.25) is 0 Å². The fourth-order valence-electron chi connectivity index (χ4n) is 1.01. The summed E-state index contributed by atoms with van der Waals surface area (Å²) in [5, 5.41) is 18.8. The van der Waals surface area contributed by atoms with Gasteiger partial charge in [-0.25, -0.2) is 0 Å². The number of carbonyl (C=O) groups is 1. The SMILES string of the molecule is O=C(O)CC=Cc1cc([N+](=O)[O-])c[nH]c1=O. The summed E-state index contributed by atoms with van der Waals surface area (Å²) in [6.07, 6.45) is 3.22. The van der Waals surface area contributed by atoms with Gasteiger partial charge in [0.15, 0.2) is 0 Å². The number of nitrogens with one attached hydrogen (secondary N) is 1. The molecule has 0 bridgehead atoms. The van der Waals surface area contributed by atoms with Crippen LogP contribution in [0.2, 0.25) is 0 Å². The van der Waals surface area contributed by atoms with Crippen molar-refractivity contribution in [1.82, 2.24) is 4.98 Å². The van der Waals surface area contributed by atoms with Gasteiger partial charge in [-0.15, -0.1) is 0 Å². The van der Waals surface area contributed by atoms with Crippen molar-refractivity contribution >= 4 is 17.7 Å². The molecule has 1 aromatic rings. The summed E-state index contributed by atoms with van der Waals surface area (Å²) >= 11 is 0. The predicted molar refractivity (Wildman–Crippen MR) is 55.0 cm³/mol. The zero-order valence-corrected chi connectivity index (χ0v) is 8.04. The van der Waals surface area contributed by atoms with E-state index in [1.54, 1.807) is 0 Å². The Kier molecular flexibility index (Phi) is 3.54. The lowest BCUT2D eigenvalue weighted by Crippen LogP contribution is -2.09. The van der Waals surface area contributed by atoms with E-state index in [1.165, 1.54) is 12.2 Å². The van der Waals surface area contributed by atoms with Gasteiger partial charge in [-0.05, 0) is 0 Å². The molecule has 16 heavy (non-hydrogen) atoms. The first-order valence-corrected chi connectivity index (χ1v) is 4.26. The number of aromatic amines is 1. The minimum absolute atomic E-state index is 0.0513. The van der Waals surface area contributed by atoms with Crippen LogP contribution in [0.4, 0.5) is 5.69 Å². The van der Waals surface area contributed by atoms with Crippen LogP contribution in [-0.2, 0) is 4.79 Å². The van der Waals surface area contributed by atoms with Crippen molar-refractivity contribution in [2.45, 2.75) is 6.42 Å². The zero-order valence-electron chi connectivity index (χ0n) is 8.04. The summed E-state index contributed by atoms with van der Waals surface area (Å²) in [5.41, 5.74) is -0.711. The number of aromatic nitrogens is 1. The minimum atomic E-state index is -1.04. The highest BCUT2D eigenvalue weighted by molar-refractivity contribution is 5.70. The van der Waals surface area contributed by atoms with Crippen LogP contribution < -0.4 is 5.56 Å². The van der Waals surface area contributed by atoms with Crippen LogP contribution >= 0.6 is 0 Å². The third kappa shape index (κ3) is 3.05. The minimum Gasteiger partial charge on any atom is -0.481 e. The van der Waals surface area contributed by atoms with Crippen LogP contribution in [0.5, 0.6) is 0 Å². The van der Waals surface area contributed by atoms with E-state index in [0.29, 0.717) is 0 Å². The first kappa shape index (κ1) is 11.6. The van der Waals surface area contributed by atoms with E-state index in [0.717, 1.165) is 12.3 Å². The second-order valence-corrected chi connectivity index (χ2v) is 2.90. The Morgan fingerprint density at radius 2 is 2.31 bits per heavy atom. The summed E-state index contributed by atoms with van der Waals surface area (Å²) in [6, 6.07) is 1.08. The molecule has 0 unspecified atom stereocenters. The van der Waals surface area contributed by atoms with Crippen molar-refractivity contribution in [3.05, 3.63) is 44.4 Å². The number of nitrogens with zero attached hydrogens (tertiary/aromatic N) is 1. The Labute approximate surface area is 89.2 Å². The maximum absolute atomic E-state index is 11.2. The molecule has 0 aromatic carbocycles. The maximum atomic E-state index is 11.2. The molecule has 0 radical (unpaired) electrons. The van der Waals surface area contributed by atoms with E-state index < -0.39 is 16.5 Å².